The lowest BCUT2D eigenvalue weighted by molar-refractivity contribution is -0.122. The first-order chi connectivity index (χ1) is 12.7. The van der Waals surface area contributed by atoms with Gasteiger partial charge in [-0.3, -0.25) is 14.6 Å². The van der Waals surface area contributed by atoms with Crippen LogP contribution in [0.2, 0.25) is 5.02 Å². The molecule has 1 aliphatic heterocycles. The number of amides is 1. The van der Waals surface area contributed by atoms with Crippen molar-refractivity contribution in [1.82, 2.24) is 15.1 Å². The number of hydrogen-bond donors (Lipinski definition) is 1. The molecule has 1 aromatic heterocycles. The zero-order valence-electron chi connectivity index (χ0n) is 14.8. The number of benzene rings is 1. The van der Waals surface area contributed by atoms with Crippen LogP contribution in [0, 0.1) is 0 Å². The van der Waals surface area contributed by atoms with Gasteiger partial charge in [0.25, 0.3) is 0 Å². The van der Waals surface area contributed by atoms with Gasteiger partial charge in [0.2, 0.25) is 5.91 Å². The highest BCUT2D eigenvalue weighted by molar-refractivity contribution is 7.15. The summed E-state index contributed by atoms with van der Waals surface area (Å²) in [6.45, 7) is 5.45. The van der Waals surface area contributed by atoms with E-state index in [1.165, 1.54) is 9.75 Å². The van der Waals surface area contributed by atoms with Crippen LogP contribution in [0.4, 0.5) is 0 Å². The molecule has 6 heteroatoms. The zero-order chi connectivity index (χ0) is 17.9. The van der Waals surface area contributed by atoms with Crippen molar-refractivity contribution in [2.24, 2.45) is 0 Å². The van der Waals surface area contributed by atoms with Crippen LogP contribution in [0.25, 0.3) is 10.4 Å². The second kappa shape index (κ2) is 8.09. The summed E-state index contributed by atoms with van der Waals surface area (Å²) in [5.74, 6) is 0.184. The number of nitrogens with one attached hydrogen (secondary N) is 1. The first-order valence-electron chi connectivity index (χ1n) is 9.25. The highest BCUT2D eigenvalue weighted by Crippen LogP contribution is 2.33. The van der Waals surface area contributed by atoms with Crippen molar-refractivity contribution >= 4 is 28.8 Å². The van der Waals surface area contributed by atoms with Gasteiger partial charge in [-0.05, 0) is 31.0 Å². The van der Waals surface area contributed by atoms with Gasteiger partial charge in [0.15, 0.2) is 0 Å². The third-order valence-corrected chi connectivity index (χ3v) is 6.39. The van der Waals surface area contributed by atoms with Crippen molar-refractivity contribution in [3.05, 3.63) is 46.3 Å². The van der Waals surface area contributed by atoms with Crippen molar-refractivity contribution < 1.29 is 4.79 Å². The van der Waals surface area contributed by atoms with Crippen LogP contribution in [0.1, 0.15) is 17.7 Å². The highest BCUT2D eigenvalue weighted by Gasteiger charge is 2.25. The molecule has 1 saturated heterocycles. The van der Waals surface area contributed by atoms with Crippen molar-refractivity contribution in [2.45, 2.75) is 25.4 Å². The summed E-state index contributed by atoms with van der Waals surface area (Å²) in [5, 5.41) is 3.88. The first kappa shape index (κ1) is 18.0. The van der Waals surface area contributed by atoms with E-state index in [2.05, 4.69) is 33.3 Å². The monoisotopic (exact) mass is 389 g/mol. The van der Waals surface area contributed by atoms with E-state index < -0.39 is 0 Å². The Hall–Kier alpha value is -1.40. The molecule has 2 aromatic rings. The van der Waals surface area contributed by atoms with Crippen LogP contribution in [0.5, 0.6) is 0 Å². The molecule has 2 fully saturated rings. The van der Waals surface area contributed by atoms with Crippen molar-refractivity contribution in [1.29, 1.82) is 0 Å². The normalized spacial score (nSPS) is 18.8. The molecular formula is C20H24ClN3OS. The number of rotatable bonds is 6. The number of carbonyl (C=O) groups excluding carboxylic acids is 1. The quantitative estimate of drug-likeness (QED) is 0.821. The van der Waals surface area contributed by atoms with Gasteiger partial charge in [-0.15, -0.1) is 11.3 Å². The number of halogens is 1. The van der Waals surface area contributed by atoms with Crippen LogP contribution >= 0.6 is 22.9 Å². The predicted molar refractivity (Wildman–Crippen MR) is 108 cm³/mol. The summed E-state index contributed by atoms with van der Waals surface area (Å²) < 4.78 is 0. The van der Waals surface area contributed by atoms with E-state index in [9.17, 15) is 4.79 Å². The Morgan fingerprint density at radius 1 is 1.08 bits per heavy atom. The van der Waals surface area contributed by atoms with Crippen molar-refractivity contribution in [2.75, 3.05) is 32.7 Å². The largest absolute Gasteiger partial charge is 0.352 e. The lowest BCUT2D eigenvalue weighted by atomic mass is 10.2. The SMILES string of the molecule is O=C(CN1CCN(Cc2ccc(-c3ccccc3Cl)s2)CC1)NC1CC1. The fourth-order valence-corrected chi connectivity index (χ4v) is 4.68. The fourth-order valence-electron chi connectivity index (χ4n) is 3.30. The van der Waals surface area contributed by atoms with Gasteiger partial charge in [-0.25, -0.2) is 0 Å². The fraction of sp³-hybridized carbons (Fsp3) is 0.450. The lowest BCUT2D eigenvalue weighted by Gasteiger charge is -2.34. The molecule has 4 nitrogen and oxygen atoms in total. The van der Waals surface area contributed by atoms with E-state index in [1.54, 1.807) is 0 Å². The van der Waals surface area contributed by atoms with E-state index in [1.807, 2.05) is 29.5 Å². The summed E-state index contributed by atoms with van der Waals surface area (Å²) >= 11 is 8.13. The molecule has 1 saturated carbocycles. The maximum absolute atomic E-state index is 11.9. The Kier molecular flexibility index (Phi) is 5.60. The highest BCUT2D eigenvalue weighted by atomic mass is 35.5. The Bertz CT molecular complexity index is 766. The molecule has 1 aliphatic carbocycles. The number of piperazine rings is 1. The van der Waals surface area contributed by atoms with Gasteiger partial charge in [0.1, 0.15) is 0 Å². The summed E-state index contributed by atoms with van der Waals surface area (Å²) in [7, 11) is 0. The Balaban J connectivity index is 1.27. The first-order valence-corrected chi connectivity index (χ1v) is 10.4. The van der Waals surface area contributed by atoms with Crippen LogP contribution in [0.3, 0.4) is 0 Å². The van der Waals surface area contributed by atoms with Crippen LogP contribution in [-0.4, -0.2) is 54.5 Å². The smallest absolute Gasteiger partial charge is 0.234 e. The van der Waals surface area contributed by atoms with E-state index >= 15 is 0 Å². The minimum Gasteiger partial charge on any atom is -0.352 e. The maximum Gasteiger partial charge on any atom is 0.234 e. The van der Waals surface area contributed by atoms with Gasteiger partial charge >= 0.3 is 0 Å². The van der Waals surface area contributed by atoms with Gasteiger partial charge in [0, 0.05) is 59.1 Å². The molecule has 4 rings (SSSR count). The van der Waals surface area contributed by atoms with Gasteiger partial charge in [-0.2, -0.15) is 0 Å². The summed E-state index contributed by atoms with van der Waals surface area (Å²) in [6.07, 6.45) is 2.30. The van der Waals surface area contributed by atoms with Gasteiger partial charge < -0.3 is 5.32 Å². The Labute approximate surface area is 163 Å². The molecule has 0 radical (unpaired) electrons. The third-order valence-electron chi connectivity index (χ3n) is 4.95. The topological polar surface area (TPSA) is 35.6 Å². The predicted octanol–water partition coefficient (Wildman–Crippen LogP) is 3.46. The van der Waals surface area contributed by atoms with E-state index in [4.69, 9.17) is 11.6 Å². The van der Waals surface area contributed by atoms with E-state index in [-0.39, 0.29) is 5.91 Å². The Morgan fingerprint density at radius 2 is 1.81 bits per heavy atom. The van der Waals surface area contributed by atoms with Crippen LogP contribution in [-0.2, 0) is 11.3 Å². The van der Waals surface area contributed by atoms with Crippen molar-refractivity contribution in [3.63, 3.8) is 0 Å². The molecule has 0 unspecified atom stereocenters. The second-order valence-electron chi connectivity index (χ2n) is 7.14. The van der Waals surface area contributed by atoms with E-state index in [0.29, 0.717) is 12.6 Å². The molecule has 138 valence electrons. The summed E-state index contributed by atoms with van der Waals surface area (Å²) in [6, 6.07) is 12.8. The minimum absolute atomic E-state index is 0.184. The third kappa shape index (κ3) is 4.65. The molecular weight excluding hydrogens is 366 g/mol. The number of thiophene rings is 1. The molecule has 0 bridgehead atoms. The second-order valence-corrected chi connectivity index (χ2v) is 8.72. The molecule has 0 atom stereocenters. The molecule has 1 aromatic carbocycles. The minimum atomic E-state index is 0.184. The number of nitrogens with zero attached hydrogens (tertiary/aromatic N) is 2. The standard InChI is InChI=1S/C20H24ClN3OS/c21-18-4-2-1-3-17(18)19-8-7-16(26-19)13-23-9-11-24(12-10-23)14-20(25)22-15-5-6-15/h1-4,7-8,15H,5-6,9-14H2,(H,22,25). The Morgan fingerprint density at radius 3 is 2.54 bits per heavy atom. The molecule has 2 aliphatic rings. The number of carbonyl (C=O) groups is 1. The molecule has 26 heavy (non-hydrogen) atoms. The maximum atomic E-state index is 11.9. The zero-order valence-corrected chi connectivity index (χ0v) is 16.4. The molecule has 0 spiro atoms. The van der Waals surface area contributed by atoms with Crippen LogP contribution in [0.15, 0.2) is 36.4 Å². The number of hydrogen-bond acceptors (Lipinski definition) is 4. The molecule has 1 amide bonds. The summed E-state index contributed by atoms with van der Waals surface area (Å²) in [4.78, 5) is 19.2. The molecule has 2 heterocycles. The van der Waals surface area contributed by atoms with E-state index in [0.717, 1.165) is 56.2 Å². The average molecular weight is 390 g/mol. The molecule has 1 N–H and O–H groups in total. The summed E-state index contributed by atoms with van der Waals surface area (Å²) in [5.41, 5.74) is 1.11. The average Bonchev–Trinajstić information content (AvgIpc) is 3.32. The lowest BCUT2D eigenvalue weighted by Crippen LogP contribution is -2.49. The van der Waals surface area contributed by atoms with Crippen LogP contribution < -0.4 is 5.32 Å². The van der Waals surface area contributed by atoms with Gasteiger partial charge in [-0.1, -0.05) is 29.8 Å². The van der Waals surface area contributed by atoms with Crippen molar-refractivity contribution in [3.8, 4) is 10.4 Å². The van der Waals surface area contributed by atoms with Gasteiger partial charge in [0.05, 0.1) is 6.54 Å².